The molecule has 0 spiro atoms. The van der Waals surface area contributed by atoms with E-state index in [9.17, 15) is 0 Å². The third-order valence-electron chi connectivity index (χ3n) is 1.87. The quantitative estimate of drug-likeness (QED) is 0.732. The maximum atomic E-state index is 5.45. The minimum atomic E-state index is 0.591. The van der Waals surface area contributed by atoms with Gasteiger partial charge in [0.05, 0.1) is 11.9 Å². The maximum Gasteiger partial charge on any atom is 0.194 e. The second-order valence-corrected chi connectivity index (χ2v) is 3.13. The summed E-state index contributed by atoms with van der Waals surface area (Å²) in [5.41, 5.74) is 0.903. The molecule has 0 amide bonds. The third kappa shape index (κ3) is 1.81. The Bertz CT molecular complexity index is 418. The molecular formula is C9H12N4O. The highest BCUT2D eigenvalue weighted by Crippen LogP contribution is 2.05. The third-order valence-corrected chi connectivity index (χ3v) is 1.87. The molecule has 0 radical (unpaired) electrons. The summed E-state index contributed by atoms with van der Waals surface area (Å²) in [5.74, 6) is 1.57. The van der Waals surface area contributed by atoms with E-state index in [1.807, 2.05) is 20.0 Å². The Labute approximate surface area is 81.8 Å². The van der Waals surface area contributed by atoms with Crippen molar-refractivity contribution in [3.63, 3.8) is 0 Å². The van der Waals surface area contributed by atoms with E-state index in [-0.39, 0.29) is 0 Å². The van der Waals surface area contributed by atoms with Gasteiger partial charge in [-0.3, -0.25) is 0 Å². The molecule has 0 unspecified atom stereocenters. The van der Waals surface area contributed by atoms with E-state index in [0.29, 0.717) is 6.54 Å². The number of aromatic nitrogens is 4. The van der Waals surface area contributed by atoms with Crippen LogP contribution in [0.1, 0.15) is 24.3 Å². The van der Waals surface area contributed by atoms with Crippen LogP contribution in [0.5, 0.6) is 0 Å². The van der Waals surface area contributed by atoms with Gasteiger partial charge in [-0.2, -0.15) is 0 Å². The molecule has 0 N–H and O–H groups in total. The average Bonchev–Trinajstić information content (AvgIpc) is 2.76. The molecule has 0 aromatic carbocycles. The Kier molecular flexibility index (Phi) is 2.30. The van der Waals surface area contributed by atoms with Crippen LogP contribution in [-0.4, -0.2) is 20.0 Å². The second-order valence-electron chi connectivity index (χ2n) is 3.13. The molecule has 0 aliphatic heterocycles. The SMILES string of the molecule is CCc1ncc(Cn2cc(C)nn2)o1. The van der Waals surface area contributed by atoms with Crippen LogP contribution < -0.4 is 0 Å². The molecule has 0 aliphatic rings. The van der Waals surface area contributed by atoms with Crippen LogP contribution in [0.2, 0.25) is 0 Å². The van der Waals surface area contributed by atoms with Crippen LogP contribution in [-0.2, 0) is 13.0 Å². The van der Waals surface area contributed by atoms with Crippen molar-refractivity contribution in [1.29, 1.82) is 0 Å². The van der Waals surface area contributed by atoms with Crippen LogP contribution in [0.4, 0.5) is 0 Å². The number of hydrogen-bond acceptors (Lipinski definition) is 4. The highest BCUT2D eigenvalue weighted by atomic mass is 16.4. The fraction of sp³-hybridized carbons (Fsp3) is 0.444. The topological polar surface area (TPSA) is 56.7 Å². The summed E-state index contributed by atoms with van der Waals surface area (Å²) in [6.45, 7) is 4.50. The molecule has 2 aromatic heterocycles. The first kappa shape index (κ1) is 8.93. The number of hydrogen-bond donors (Lipinski definition) is 0. The zero-order chi connectivity index (χ0) is 9.97. The lowest BCUT2D eigenvalue weighted by molar-refractivity contribution is 0.438. The molecule has 2 aromatic rings. The van der Waals surface area contributed by atoms with Gasteiger partial charge < -0.3 is 4.42 Å². The first-order valence-corrected chi connectivity index (χ1v) is 4.58. The van der Waals surface area contributed by atoms with Crippen molar-refractivity contribution in [2.45, 2.75) is 26.8 Å². The van der Waals surface area contributed by atoms with E-state index in [1.165, 1.54) is 0 Å². The van der Waals surface area contributed by atoms with Crippen LogP contribution >= 0.6 is 0 Å². The van der Waals surface area contributed by atoms with Crippen molar-refractivity contribution in [1.82, 2.24) is 20.0 Å². The van der Waals surface area contributed by atoms with E-state index >= 15 is 0 Å². The van der Waals surface area contributed by atoms with Gasteiger partial charge in [0, 0.05) is 12.6 Å². The van der Waals surface area contributed by atoms with Crippen molar-refractivity contribution in [3.05, 3.63) is 29.7 Å². The van der Waals surface area contributed by atoms with Gasteiger partial charge in [0.25, 0.3) is 0 Å². The lowest BCUT2D eigenvalue weighted by Crippen LogP contribution is -1.98. The smallest absolute Gasteiger partial charge is 0.194 e. The number of aryl methyl sites for hydroxylation is 2. The molecule has 5 nitrogen and oxygen atoms in total. The van der Waals surface area contributed by atoms with E-state index < -0.39 is 0 Å². The van der Waals surface area contributed by atoms with Crippen LogP contribution in [0.3, 0.4) is 0 Å². The minimum absolute atomic E-state index is 0.591. The van der Waals surface area contributed by atoms with Crippen LogP contribution in [0.25, 0.3) is 0 Å². The summed E-state index contributed by atoms with van der Waals surface area (Å²) in [6.07, 6.45) is 4.42. The summed E-state index contributed by atoms with van der Waals surface area (Å²) < 4.78 is 7.18. The van der Waals surface area contributed by atoms with Crippen molar-refractivity contribution in [2.75, 3.05) is 0 Å². The minimum Gasteiger partial charge on any atom is -0.444 e. The summed E-state index contributed by atoms with van der Waals surface area (Å²) in [6, 6.07) is 0. The highest BCUT2D eigenvalue weighted by Gasteiger charge is 2.03. The van der Waals surface area contributed by atoms with Gasteiger partial charge in [0.15, 0.2) is 5.89 Å². The van der Waals surface area contributed by atoms with Crippen LogP contribution in [0, 0.1) is 6.92 Å². The van der Waals surface area contributed by atoms with Crippen molar-refractivity contribution < 1.29 is 4.42 Å². The van der Waals surface area contributed by atoms with Crippen molar-refractivity contribution in [3.8, 4) is 0 Å². The zero-order valence-corrected chi connectivity index (χ0v) is 8.27. The van der Waals surface area contributed by atoms with Gasteiger partial charge in [0.2, 0.25) is 0 Å². The molecule has 5 heteroatoms. The molecule has 2 rings (SSSR count). The van der Waals surface area contributed by atoms with Crippen molar-refractivity contribution in [2.24, 2.45) is 0 Å². The van der Waals surface area contributed by atoms with Gasteiger partial charge in [-0.1, -0.05) is 12.1 Å². The predicted molar refractivity (Wildman–Crippen MR) is 49.7 cm³/mol. The standard InChI is InChI=1S/C9H12N4O/c1-3-9-10-4-8(14-9)6-13-5-7(2)11-12-13/h4-5H,3,6H2,1-2H3. The Balaban J connectivity index is 2.10. The zero-order valence-electron chi connectivity index (χ0n) is 8.27. The molecule has 0 bridgehead atoms. The number of nitrogens with zero attached hydrogens (tertiary/aromatic N) is 4. The van der Waals surface area contributed by atoms with E-state index in [0.717, 1.165) is 23.8 Å². The first-order chi connectivity index (χ1) is 6.78. The Morgan fingerprint density at radius 2 is 2.36 bits per heavy atom. The Morgan fingerprint density at radius 1 is 1.50 bits per heavy atom. The summed E-state index contributed by atoms with van der Waals surface area (Å²) in [7, 11) is 0. The van der Waals surface area contributed by atoms with Gasteiger partial charge in [-0.15, -0.1) is 5.10 Å². The van der Waals surface area contributed by atoms with Crippen molar-refractivity contribution >= 4 is 0 Å². The summed E-state index contributed by atoms with van der Waals surface area (Å²) in [5, 5.41) is 7.82. The molecular weight excluding hydrogens is 180 g/mol. The lowest BCUT2D eigenvalue weighted by atomic mass is 10.5. The van der Waals surface area contributed by atoms with Gasteiger partial charge >= 0.3 is 0 Å². The monoisotopic (exact) mass is 192 g/mol. The van der Waals surface area contributed by atoms with E-state index in [1.54, 1.807) is 10.9 Å². The second kappa shape index (κ2) is 3.61. The molecule has 14 heavy (non-hydrogen) atoms. The summed E-state index contributed by atoms with van der Waals surface area (Å²) in [4.78, 5) is 4.11. The highest BCUT2D eigenvalue weighted by molar-refractivity contribution is 4.96. The Morgan fingerprint density at radius 3 is 2.93 bits per heavy atom. The number of oxazole rings is 1. The fourth-order valence-corrected chi connectivity index (χ4v) is 1.22. The van der Waals surface area contributed by atoms with Crippen LogP contribution in [0.15, 0.2) is 16.8 Å². The first-order valence-electron chi connectivity index (χ1n) is 4.58. The molecule has 0 saturated heterocycles. The fourth-order valence-electron chi connectivity index (χ4n) is 1.22. The molecule has 74 valence electrons. The Hall–Kier alpha value is -1.65. The summed E-state index contributed by atoms with van der Waals surface area (Å²) >= 11 is 0. The molecule has 0 atom stereocenters. The van der Waals surface area contributed by atoms with E-state index in [2.05, 4.69) is 15.3 Å². The molecule has 0 aliphatic carbocycles. The average molecular weight is 192 g/mol. The number of rotatable bonds is 3. The molecule has 0 saturated carbocycles. The van der Waals surface area contributed by atoms with Gasteiger partial charge in [-0.25, -0.2) is 9.67 Å². The molecule has 2 heterocycles. The van der Waals surface area contributed by atoms with Gasteiger partial charge in [-0.05, 0) is 6.92 Å². The van der Waals surface area contributed by atoms with Gasteiger partial charge in [0.1, 0.15) is 12.3 Å². The largest absolute Gasteiger partial charge is 0.444 e. The predicted octanol–water partition coefficient (Wildman–Crippen LogP) is 1.19. The molecule has 0 fully saturated rings. The maximum absolute atomic E-state index is 5.45. The normalized spacial score (nSPS) is 10.7. The lowest BCUT2D eigenvalue weighted by Gasteiger charge is -1.94. The van der Waals surface area contributed by atoms with E-state index in [4.69, 9.17) is 4.42 Å².